The van der Waals surface area contributed by atoms with E-state index < -0.39 is 0 Å². The minimum absolute atomic E-state index is 0.0596. The van der Waals surface area contributed by atoms with Crippen LogP contribution < -0.4 is 15.2 Å². The first-order valence-corrected chi connectivity index (χ1v) is 8.32. The molecule has 1 aliphatic heterocycles. The number of hydrogen-bond donors (Lipinski definition) is 0. The van der Waals surface area contributed by atoms with Crippen LogP contribution in [-0.2, 0) is 17.8 Å². The van der Waals surface area contributed by atoms with Gasteiger partial charge in [-0.05, 0) is 29.5 Å². The molecule has 0 saturated carbocycles. The number of hydrogen-bond acceptors (Lipinski definition) is 6. The maximum atomic E-state index is 12.7. The van der Waals surface area contributed by atoms with Gasteiger partial charge in [0.1, 0.15) is 17.2 Å². The second-order valence-corrected chi connectivity index (χ2v) is 6.34. The lowest BCUT2D eigenvalue weighted by Crippen LogP contribution is -2.35. The van der Waals surface area contributed by atoms with Crippen molar-refractivity contribution in [3.8, 4) is 5.88 Å². The lowest BCUT2D eigenvalue weighted by molar-refractivity contribution is -0.119. The van der Waals surface area contributed by atoms with E-state index >= 15 is 0 Å². The third kappa shape index (κ3) is 2.35. The molecule has 4 heterocycles. The molecule has 0 N–H and O–H groups in total. The number of fused-ring (bicyclic) bond motifs is 2. The minimum Gasteiger partial charge on any atom is -0.481 e. The minimum atomic E-state index is -0.201. The van der Waals surface area contributed by atoms with Gasteiger partial charge in [-0.2, -0.15) is 4.98 Å². The Hall–Kier alpha value is -2.74. The fourth-order valence-electron chi connectivity index (χ4n) is 2.82. The number of nitrogens with zero attached hydrogens (tertiary/aromatic N) is 4. The Balaban J connectivity index is 1.63. The van der Waals surface area contributed by atoms with Crippen molar-refractivity contribution in [2.75, 3.05) is 18.6 Å². The number of pyridine rings is 1. The lowest BCUT2D eigenvalue weighted by atomic mass is 10.2. The third-order valence-corrected chi connectivity index (χ3v) is 4.88. The van der Waals surface area contributed by atoms with Crippen LogP contribution in [0.4, 0.5) is 5.82 Å². The Bertz CT molecular complexity index is 994. The Kier molecular flexibility index (Phi) is 3.53. The predicted molar refractivity (Wildman–Crippen MR) is 90.7 cm³/mol. The van der Waals surface area contributed by atoms with Crippen LogP contribution in [0.15, 0.2) is 34.7 Å². The molecule has 24 heavy (non-hydrogen) atoms. The molecule has 0 fully saturated rings. The van der Waals surface area contributed by atoms with Crippen LogP contribution in [0.1, 0.15) is 5.56 Å². The van der Waals surface area contributed by atoms with Gasteiger partial charge in [0, 0.05) is 12.6 Å². The summed E-state index contributed by atoms with van der Waals surface area (Å²) in [5, 5.41) is 2.36. The SMILES string of the molecule is COc1ccc2c(n1)N(C(=O)Cn1cnc3sccc3c1=O)CC2. The molecule has 4 rings (SSSR count). The van der Waals surface area contributed by atoms with Crippen molar-refractivity contribution in [3.05, 3.63) is 45.8 Å². The Labute approximate surface area is 141 Å². The summed E-state index contributed by atoms with van der Waals surface area (Å²) in [6.45, 7) is 0.493. The molecule has 0 aromatic carbocycles. The summed E-state index contributed by atoms with van der Waals surface area (Å²) in [5.74, 6) is 0.886. The largest absolute Gasteiger partial charge is 0.481 e. The van der Waals surface area contributed by atoms with E-state index in [9.17, 15) is 9.59 Å². The summed E-state index contributed by atoms with van der Waals surface area (Å²) in [6, 6.07) is 5.43. The first-order valence-electron chi connectivity index (χ1n) is 7.44. The molecule has 3 aromatic heterocycles. The quantitative estimate of drug-likeness (QED) is 0.720. The highest BCUT2D eigenvalue weighted by Crippen LogP contribution is 2.28. The van der Waals surface area contributed by atoms with Gasteiger partial charge in [0.2, 0.25) is 11.8 Å². The number of carbonyl (C=O) groups excluding carboxylic acids is 1. The van der Waals surface area contributed by atoms with Gasteiger partial charge in [-0.15, -0.1) is 11.3 Å². The average molecular weight is 342 g/mol. The molecule has 0 unspecified atom stereocenters. The summed E-state index contributed by atoms with van der Waals surface area (Å²) in [6.07, 6.45) is 2.17. The highest BCUT2D eigenvalue weighted by Gasteiger charge is 2.27. The number of methoxy groups -OCH3 is 1. The molecule has 122 valence electrons. The van der Waals surface area contributed by atoms with Crippen LogP contribution >= 0.6 is 11.3 Å². The summed E-state index contributed by atoms with van der Waals surface area (Å²) in [5.41, 5.74) is 0.801. The normalized spacial score (nSPS) is 13.3. The highest BCUT2D eigenvalue weighted by molar-refractivity contribution is 7.16. The summed E-state index contributed by atoms with van der Waals surface area (Å²) in [4.78, 5) is 35.9. The molecule has 0 saturated heterocycles. The molecule has 7 nitrogen and oxygen atoms in total. The molecule has 3 aromatic rings. The van der Waals surface area contributed by atoms with Crippen molar-refractivity contribution in [1.82, 2.24) is 14.5 Å². The molecule has 0 aliphatic carbocycles. The molecule has 8 heteroatoms. The fraction of sp³-hybridized carbons (Fsp3) is 0.250. The monoisotopic (exact) mass is 342 g/mol. The summed E-state index contributed by atoms with van der Waals surface area (Å²) >= 11 is 1.41. The van der Waals surface area contributed by atoms with Gasteiger partial charge in [0.05, 0.1) is 18.8 Å². The van der Waals surface area contributed by atoms with E-state index in [1.807, 2.05) is 11.4 Å². The number of ether oxygens (including phenoxy) is 1. The van der Waals surface area contributed by atoms with Crippen LogP contribution in [0.2, 0.25) is 0 Å². The zero-order valence-corrected chi connectivity index (χ0v) is 13.7. The smallest absolute Gasteiger partial charge is 0.262 e. The van der Waals surface area contributed by atoms with E-state index in [0.717, 1.165) is 12.0 Å². The standard InChI is InChI=1S/C16H14N4O3S/c1-23-12-3-2-10-4-6-20(14(10)18-12)13(21)8-19-9-17-15-11(16(19)22)5-7-24-15/h2-3,5,7,9H,4,6,8H2,1H3. The average Bonchev–Trinajstić information content (AvgIpc) is 3.23. The van der Waals surface area contributed by atoms with E-state index in [4.69, 9.17) is 4.74 Å². The first-order chi connectivity index (χ1) is 11.7. The lowest BCUT2D eigenvalue weighted by Gasteiger charge is -2.17. The van der Waals surface area contributed by atoms with Crippen LogP contribution in [0.25, 0.3) is 10.2 Å². The van der Waals surface area contributed by atoms with Crippen LogP contribution in [0.5, 0.6) is 5.88 Å². The van der Waals surface area contributed by atoms with Crippen molar-refractivity contribution in [1.29, 1.82) is 0 Å². The summed E-state index contributed by atoms with van der Waals surface area (Å²) in [7, 11) is 1.54. The molecule has 0 bridgehead atoms. The number of amides is 1. The summed E-state index contributed by atoms with van der Waals surface area (Å²) < 4.78 is 6.47. The van der Waals surface area contributed by atoms with Gasteiger partial charge in [-0.3, -0.25) is 19.1 Å². The van der Waals surface area contributed by atoms with Gasteiger partial charge in [0.15, 0.2) is 0 Å². The van der Waals surface area contributed by atoms with Gasteiger partial charge < -0.3 is 4.74 Å². The van der Waals surface area contributed by atoms with E-state index in [1.54, 1.807) is 17.0 Å². The van der Waals surface area contributed by atoms with Gasteiger partial charge in [-0.1, -0.05) is 0 Å². The Morgan fingerprint density at radius 3 is 3.08 bits per heavy atom. The number of aromatic nitrogens is 3. The van der Waals surface area contributed by atoms with Crippen molar-refractivity contribution in [3.63, 3.8) is 0 Å². The van der Waals surface area contributed by atoms with Gasteiger partial charge >= 0.3 is 0 Å². The van der Waals surface area contributed by atoms with Gasteiger partial charge in [0.25, 0.3) is 5.56 Å². The molecular formula is C16H14N4O3S. The van der Waals surface area contributed by atoms with E-state index in [-0.39, 0.29) is 18.0 Å². The third-order valence-electron chi connectivity index (χ3n) is 4.06. The topological polar surface area (TPSA) is 77.3 Å². The molecule has 1 aliphatic rings. The molecular weight excluding hydrogens is 328 g/mol. The maximum Gasteiger partial charge on any atom is 0.262 e. The predicted octanol–water partition coefficient (Wildman–Crippen LogP) is 1.45. The number of rotatable bonds is 3. The van der Waals surface area contributed by atoms with Crippen LogP contribution in [-0.4, -0.2) is 34.1 Å². The van der Waals surface area contributed by atoms with E-state index in [2.05, 4.69) is 9.97 Å². The first kappa shape index (κ1) is 14.8. The highest BCUT2D eigenvalue weighted by atomic mass is 32.1. The van der Waals surface area contributed by atoms with Crippen molar-refractivity contribution in [2.24, 2.45) is 0 Å². The molecule has 0 spiro atoms. The van der Waals surface area contributed by atoms with Crippen molar-refractivity contribution >= 4 is 33.3 Å². The Morgan fingerprint density at radius 2 is 2.25 bits per heavy atom. The second kappa shape index (κ2) is 5.72. The van der Waals surface area contributed by atoms with Gasteiger partial charge in [-0.25, -0.2) is 4.98 Å². The van der Waals surface area contributed by atoms with E-state index in [1.165, 1.54) is 29.3 Å². The van der Waals surface area contributed by atoms with Crippen LogP contribution in [0, 0.1) is 0 Å². The Morgan fingerprint density at radius 1 is 1.38 bits per heavy atom. The fourth-order valence-corrected chi connectivity index (χ4v) is 3.54. The zero-order chi connectivity index (χ0) is 16.7. The van der Waals surface area contributed by atoms with Crippen molar-refractivity contribution in [2.45, 2.75) is 13.0 Å². The second-order valence-electron chi connectivity index (χ2n) is 5.45. The number of anilines is 1. The van der Waals surface area contributed by atoms with Crippen LogP contribution in [0.3, 0.4) is 0 Å². The molecule has 0 radical (unpaired) electrons. The number of carbonyl (C=O) groups is 1. The van der Waals surface area contributed by atoms with Crippen molar-refractivity contribution < 1.29 is 9.53 Å². The molecule has 0 atom stereocenters. The maximum absolute atomic E-state index is 12.7. The number of thiophene rings is 1. The van der Waals surface area contributed by atoms with E-state index in [0.29, 0.717) is 28.5 Å². The molecule has 1 amide bonds. The zero-order valence-electron chi connectivity index (χ0n) is 12.9.